The molecule has 0 saturated heterocycles. The van der Waals surface area contributed by atoms with Crippen molar-refractivity contribution in [1.82, 2.24) is 15.0 Å². The van der Waals surface area contributed by atoms with E-state index < -0.39 is 0 Å². The normalized spacial score (nSPS) is 11.2. The number of pyridine rings is 3. The molecule has 0 unspecified atom stereocenters. The fraction of sp³-hybridized carbons (Fsp3) is 0. The Labute approximate surface area is 327 Å². The highest BCUT2D eigenvalue weighted by Gasteiger charge is 2.11. The monoisotopic (exact) mass is 735 g/mol. The van der Waals surface area contributed by atoms with Gasteiger partial charge in [-0.3, -0.25) is 4.98 Å². The second kappa shape index (κ2) is 14.8. The quantitative estimate of drug-likeness (QED) is 0.180. The van der Waals surface area contributed by atoms with E-state index in [1.165, 1.54) is 5.56 Å². The van der Waals surface area contributed by atoms with Crippen LogP contribution in [0.25, 0.3) is 99.7 Å². The Morgan fingerprint density at radius 3 is 1.61 bits per heavy atom. The number of hydrogen-bond donors (Lipinski definition) is 0. The molecule has 0 aliphatic carbocycles. The second-order valence-electron chi connectivity index (χ2n) is 13.6. The van der Waals surface area contributed by atoms with Crippen molar-refractivity contribution in [3.63, 3.8) is 0 Å². The minimum atomic E-state index is 0.697. The average molecular weight is 736 g/mol. The third kappa shape index (κ3) is 6.66. The maximum atomic E-state index is 5.85. The van der Waals surface area contributed by atoms with E-state index in [0.717, 1.165) is 82.7 Å². The third-order valence-corrected chi connectivity index (χ3v) is 9.99. The van der Waals surface area contributed by atoms with Crippen LogP contribution in [0.4, 0.5) is 0 Å². The number of para-hydroxylation sites is 2. The lowest BCUT2D eigenvalue weighted by Crippen LogP contribution is -1.82. The van der Waals surface area contributed by atoms with Crippen LogP contribution in [-0.4, -0.2) is 15.0 Å². The maximum Gasteiger partial charge on any atom is 0.227 e. The Bertz CT molecular complexity index is 2940. The van der Waals surface area contributed by atoms with Crippen LogP contribution in [0.15, 0.2) is 214 Å². The molecule has 0 aliphatic heterocycles. The lowest BCUT2D eigenvalue weighted by atomic mass is 10.0. The summed E-state index contributed by atoms with van der Waals surface area (Å²) in [6, 6.07) is 63.1. The summed E-state index contributed by atoms with van der Waals surface area (Å²) in [6.45, 7) is 0. The summed E-state index contributed by atoms with van der Waals surface area (Å²) in [7, 11) is 0. The number of hydrogen-bond acceptors (Lipinski definition) is 6. The molecule has 0 atom stereocenters. The van der Waals surface area contributed by atoms with Crippen molar-refractivity contribution in [2.24, 2.45) is 0 Å². The van der Waals surface area contributed by atoms with Gasteiger partial charge in [0.1, 0.15) is 22.3 Å². The van der Waals surface area contributed by atoms with Crippen molar-refractivity contribution in [3.8, 4) is 33.5 Å². The fourth-order valence-electron chi connectivity index (χ4n) is 7.18. The Morgan fingerprint density at radius 1 is 0.316 bits per heavy atom. The molecule has 6 aromatic heterocycles. The lowest BCUT2D eigenvalue weighted by molar-refractivity contribution is 0.654. The molecule has 12 rings (SSSR count). The third-order valence-electron chi connectivity index (χ3n) is 9.99. The summed E-state index contributed by atoms with van der Waals surface area (Å²) in [4.78, 5) is 13.4. The molecular formula is C51H33N3O3. The summed E-state index contributed by atoms with van der Waals surface area (Å²) < 4.78 is 17.5. The van der Waals surface area contributed by atoms with Gasteiger partial charge in [-0.25, -0.2) is 9.97 Å². The van der Waals surface area contributed by atoms with E-state index in [4.69, 9.17) is 13.3 Å². The minimum Gasteiger partial charge on any atom is -0.454 e. The van der Waals surface area contributed by atoms with Crippen molar-refractivity contribution in [2.75, 3.05) is 0 Å². The van der Waals surface area contributed by atoms with Gasteiger partial charge in [0.25, 0.3) is 0 Å². The van der Waals surface area contributed by atoms with Crippen molar-refractivity contribution in [3.05, 3.63) is 200 Å². The first-order chi connectivity index (χ1) is 28.2. The molecule has 6 nitrogen and oxygen atoms in total. The fourth-order valence-corrected chi connectivity index (χ4v) is 7.18. The predicted octanol–water partition coefficient (Wildman–Crippen LogP) is 13.9. The zero-order valence-corrected chi connectivity index (χ0v) is 30.6. The first kappa shape index (κ1) is 33.7. The summed E-state index contributed by atoms with van der Waals surface area (Å²) in [5, 5.41) is 5.43. The number of fused-ring (bicyclic) bond motifs is 9. The van der Waals surface area contributed by atoms with Crippen LogP contribution < -0.4 is 0 Å². The van der Waals surface area contributed by atoms with Crippen LogP contribution in [0.2, 0.25) is 0 Å². The Balaban J connectivity index is 0.000000104. The summed E-state index contributed by atoms with van der Waals surface area (Å²) in [5.41, 5.74) is 12.4. The van der Waals surface area contributed by atoms with E-state index in [1.54, 1.807) is 6.20 Å². The van der Waals surface area contributed by atoms with Crippen molar-refractivity contribution >= 4 is 66.2 Å². The number of rotatable bonds is 3. The highest BCUT2D eigenvalue weighted by Crippen LogP contribution is 2.33. The van der Waals surface area contributed by atoms with Gasteiger partial charge in [-0.2, -0.15) is 0 Å². The molecular weight excluding hydrogens is 703 g/mol. The van der Waals surface area contributed by atoms with Gasteiger partial charge >= 0.3 is 0 Å². The zero-order chi connectivity index (χ0) is 38.0. The maximum absolute atomic E-state index is 5.85. The molecule has 0 spiro atoms. The van der Waals surface area contributed by atoms with E-state index in [2.05, 4.69) is 87.7 Å². The van der Waals surface area contributed by atoms with Crippen LogP contribution in [0.3, 0.4) is 0 Å². The van der Waals surface area contributed by atoms with Crippen LogP contribution in [0.5, 0.6) is 0 Å². The molecule has 0 amide bonds. The molecule has 57 heavy (non-hydrogen) atoms. The molecule has 6 aromatic carbocycles. The topological polar surface area (TPSA) is 78.1 Å². The first-order valence-corrected chi connectivity index (χ1v) is 18.7. The molecule has 0 saturated carbocycles. The Hall–Kier alpha value is -7.83. The van der Waals surface area contributed by atoms with Crippen molar-refractivity contribution in [2.45, 2.75) is 0 Å². The van der Waals surface area contributed by atoms with E-state index in [0.29, 0.717) is 11.4 Å². The summed E-state index contributed by atoms with van der Waals surface area (Å²) in [5.74, 6) is 0. The number of benzene rings is 6. The van der Waals surface area contributed by atoms with E-state index in [9.17, 15) is 0 Å². The van der Waals surface area contributed by atoms with Crippen LogP contribution in [-0.2, 0) is 0 Å². The van der Waals surface area contributed by atoms with E-state index in [-0.39, 0.29) is 0 Å². The van der Waals surface area contributed by atoms with Crippen LogP contribution in [0, 0.1) is 0 Å². The summed E-state index contributed by atoms with van der Waals surface area (Å²) in [6.07, 6.45) is 3.66. The Kier molecular flexibility index (Phi) is 8.74. The van der Waals surface area contributed by atoms with Gasteiger partial charge in [0.2, 0.25) is 11.4 Å². The van der Waals surface area contributed by atoms with Crippen molar-refractivity contribution < 1.29 is 13.3 Å². The zero-order valence-electron chi connectivity index (χ0n) is 30.6. The van der Waals surface area contributed by atoms with Crippen LogP contribution in [0.1, 0.15) is 0 Å². The number of nitrogens with zero attached hydrogens (tertiary/aromatic N) is 3. The van der Waals surface area contributed by atoms with Gasteiger partial charge in [-0.05, 0) is 77.4 Å². The van der Waals surface area contributed by atoms with Gasteiger partial charge in [-0.1, -0.05) is 127 Å². The SMILES string of the molecule is c1ccc(-c2ccc3c(c2)oc2ncccc23)cc1.c1ccc(-c2ccc3c(n2)oc2ccccc23)cc1.c1ccc(-c2cnc3c(c2)oc2ccccc23)cc1. The van der Waals surface area contributed by atoms with Gasteiger partial charge in [-0.15, -0.1) is 0 Å². The van der Waals surface area contributed by atoms with Gasteiger partial charge in [0.15, 0.2) is 5.58 Å². The van der Waals surface area contributed by atoms with Gasteiger partial charge in [0, 0.05) is 50.5 Å². The predicted molar refractivity (Wildman–Crippen MR) is 231 cm³/mol. The summed E-state index contributed by atoms with van der Waals surface area (Å²) >= 11 is 0. The molecule has 12 aromatic rings. The van der Waals surface area contributed by atoms with Gasteiger partial charge < -0.3 is 13.3 Å². The molecule has 0 fully saturated rings. The Morgan fingerprint density at radius 2 is 0.860 bits per heavy atom. The minimum absolute atomic E-state index is 0.697. The molecule has 0 N–H and O–H groups in total. The first-order valence-electron chi connectivity index (χ1n) is 18.7. The van der Waals surface area contributed by atoms with E-state index >= 15 is 0 Å². The van der Waals surface area contributed by atoms with Crippen molar-refractivity contribution in [1.29, 1.82) is 0 Å². The molecule has 0 aliphatic rings. The highest BCUT2D eigenvalue weighted by molar-refractivity contribution is 6.05. The molecule has 270 valence electrons. The lowest BCUT2D eigenvalue weighted by Gasteiger charge is -2.00. The smallest absolute Gasteiger partial charge is 0.227 e. The van der Waals surface area contributed by atoms with E-state index in [1.807, 2.05) is 121 Å². The van der Waals surface area contributed by atoms with Crippen LogP contribution >= 0.6 is 0 Å². The molecule has 6 heteroatoms. The molecule has 0 radical (unpaired) electrons. The largest absolute Gasteiger partial charge is 0.454 e. The number of aromatic nitrogens is 3. The average Bonchev–Trinajstić information content (AvgIpc) is 3.98. The van der Waals surface area contributed by atoms with Gasteiger partial charge in [0.05, 0.1) is 5.69 Å². The second-order valence-corrected chi connectivity index (χ2v) is 13.6. The molecule has 6 heterocycles. The standard InChI is InChI=1S/3C17H11NO/c1-2-6-12(7-3-1)13-10-16-17(18-11-13)14-8-4-5-9-15(14)19-16;1-2-6-12(7-3-1)15-11-10-14-13-8-4-5-9-16(13)19-17(14)18-15;1-2-5-12(6-3-1)13-8-9-14-15-7-4-10-18-17(15)19-16(14)11-13/h3*1-11H. The highest BCUT2D eigenvalue weighted by atomic mass is 16.3. The number of furan rings is 3. The molecule has 0 bridgehead atoms.